The highest BCUT2D eigenvalue weighted by Crippen LogP contribution is 2.32. The molecule has 186 valence electrons. The Labute approximate surface area is 216 Å². The molecule has 0 aliphatic rings. The van der Waals surface area contributed by atoms with E-state index in [2.05, 4.69) is 124 Å². The molecule has 4 aromatic rings. The van der Waals surface area contributed by atoms with Gasteiger partial charge in [0.1, 0.15) is 5.82 Å². The van der Waals surface area contributed by atoms with Gasteiger partial charge in [0.05, 0.1) is 5.56 Å². The molecule has 0 saturated heterocycles. The minimum absolute atomic E-state index is 0.741. The van der Waals surface area contributed by atoms with E-state index in [1.165, 1.54) is 50.3 Å². The molecule has 4 heteroatoms. The second-order valence-corrected chi connectivity index (χ2v) is 9.77. The Balaban J connectivity index is 2.02. The summed E-state index contributed by atoms with van der Waals surface area (Å²) in [5.74, 6) is 0.936. The molecule has 36 heavy (non-hydrogen) atoms. The van der Waals surface area contributed by atoms with E-state index in [0.29, 0.717) is 0 Å². The summed E-state index contributed by atoms with van der Waals surface area (Å²) in [6.07, 6.45) is 11.8. The first-order valence-corrected chi connectivity index (χ1v) is 13.2. The zero-order valence-corrected chi connectivity index (χ0v) is 22.9. The monoisotopic (exact) mass is 480 g/mol. The Morgan fingerprint density at radius 3 is 1.64 bits per heavy atom. The second kappa shape index (κ2) is 11.0. The maximum Gasteiger partial charge on any atom is 0.224 e. The maximum atomic E-state index is 4.76. The fourth-order valence-electron chi connectivity index (χ4n) is 5.45. The Morgan fingerprint density at radius 1 is 0.667 bits per heavy atom. The summed E-state index contributed by atoms with van der Waals surface area (Å²) in [7, 11) is 0. The van der Waals surface area contributed by atoms with Crippen LogP contribution in [0.15, 0.2) is 61.2 Å². The van der Waals surface area contributed by atoms with Gasteiger partial charge >= 0.3 is 0 Å². The molecule has 0 aliphatic carbocycles. The molecule has 0 spiro atoms. The van der Waals surface area contributed by atoms with E-state index in [1.54, 1.807) is 0 Å². The van der Waals surface area contributed by atoms with Crippen LogP contribution in [0.4, 0.5) is 5.82 Å². The van der Waals surface area contributed by atoms with Crippen molar-refractivity contribution in [3.8, 4) is 11.4 Å². The predicted molar refractivity (Wildman–Crippen MR) is 148 cm³/mol. The van der Waals surface area contributed by atoms with Crippen LogP contribution in [0.3, 0.4) is 0 Å². The standard InChI is InChI=1S/C32H40N4/c1-8-26-29(19-33-30-18-24(6)17-25(7)34-30)27(9-2)32(36-16-12-14-23(5)21-36)28(10-3)31(26)35-15-11-13-22(4)20-35/h11-18,20-21H,8-10,19H2,1-7H3,(H,33,34)/q+2. The Morgan fingerprint density at radius 2 is 1.19 bits per heavy atom. The van der Waals surface area contributed by atoms with Gasteiger partial charge in [-0.05, 0) is 82.3 Å². The first-order chi connectivity index (χ1) is 17.4. The first-order valence-electron chi connectivity index (χ1n) is 13.2. The minimum Gasteiger partial charge on any atom is -0.366 e. The van der Waals surface area contributed by atoms with E-state index in [1.807, 2.05) is 0 Å². The normalized spacial score (nSPS) is 11.1. The Bertz CT molecular complexity index is 1290. The van der Waals surface area contributed by atoms with Crippen LogP contribution < -0.4 is 14.5 Å². The van der Waals surface area contributed by atoms with E-state index < -0.39 is 0 Å². The van der Waals surface area contributed by atoms with Crippen LogP contribution >= 0.6 is 0 Å². The van der Waals surface area contributed by atoms with Gasteiger partial charge in [0.15, 0.2) is 24.8 Å². The van der Waals surface area contributed by atoms with E-state index in [-0.39, 0.29) is 0 Å². The van der Waals surface area contributed by atoms with E-state index in [9.17, 15) is 0 Å². The SMILES string of the molecule is CCc1c(CNc2cc(C)cc(C)n2)c(CC)c(-[n+]2cccc(C)c2)c(CC)c1-[n+]1cccc(C)c1. The molecular weight excluding hydrogens is 440 g/mol. The molecular formula is C32H40N4+2. The Kier molecular flexibility index (Phi) is 7.83. The van der Waals surface area contributed by atoms with Gasteiger partial charge in [0, 0.05) is 46.6 Å². The topological polar surface area (TPSA) is 32.7 Å². The number of aromatic nitrogens is 3. The molecule has 0 amide bonds. The van der Waals surface area contributed by atoms with Crippen molar-refractivity contribution >= 4 is 5.82 Å². The highest BCUT2D eigenvalue weighted by molar-refractivity contribution is 5.61. The average molecular weight is 481 g/mol. The lowest BCUT2D eigenvalue weighted by Gasteiger charge is -2.20. The molecule has 4 rings (SSSR count). The number of pyridine rings is 3. The van der Waals surface area contributed by atoms with Crippen molar-refractivity contribution in [2.45, 2.75) is 74.3 Å². The summed E-state index contributed by atoms with van der Waals surface area (Å²) in [6.45, 7) is 16.1. The predicted octanol–water partition coefficient (Wildman–Crippen LogP) is 6.17. The summed E-state index contributed by atoms with van der Waals surface area (Å²) in [4.78, 5) is 4.76. The third-order valence-electron chi connectivity index (χ3n) is 6.89. The van der Waals surface area contributed by atoms with Crippen molar-refractivity contribution in [1.29, 1.82) is 0 Å². The van der Waals surface area contributed by atoms with Crippen molar-refractivity contribution in [3.05, 3.63) is 106 Å². The van der Waals surface area contributed by atoms with Crippen LogP contribution in [0.25, 0.3) is 11.4 Å². The fourth-order valence-corrected chi connectivity index (χ4v) is 5.45. The third-order valence-corrected chi connectivity index (χ3v) is 6.89. The van der Waals surface area contributed by atoms with Crippen LogP contribution in [-0.2, 0) is 25.8 Å². The van der Waals surface area contributed by atoms with E-state index in [4.69, 9.17) is 4.98 Å². The van der Waals surface area contributed by atoms with Gasteiger partial charge in [-0.25, -0.2) is 4.98 Å². The van der Waals surface area contributed by atoms with E-state index >= 15 is 0 Å². The highest BCUT2D eigenvalue weighted by atomic mass is 15.0. The summed E-state index contributed by atoms with van der Waals surface area (Å²) in [6, 6.07) is 12.9. The molecule has 1 aromatic carbocycles. The number of anilines is 1. The molecule has 0 bridgehead atoms. The van der Waals surface area contributed by atoms with Crippen molar-refractivity contribution in [1.82, 2.24) is 4.98 Å². The number of hydrogen-bond acceptors (Lipinski definition) is 2. The van der Waals surface area contributed by atoms with Gasteiger partial charge < -0.3 is 5.32 Å². The van der Waals surface area contributed by atoms with Gasteiger partial charge in [-0.15, -0.1) is 0 Å². The zero-order chi connectivity index (χ0) is 25.8. The summed E-state index contributed by atoms with van der Waals surface area (Å²) in [5.41, 5.74) is 13.0. The molecule has 3 heterocycles. The van der Waals surface area contributed by atoms with Crippen LogP contribution in [0.5, 0.6) is 0 Å². The lowest BCUT2D eigenvalue weighted by atomic mass is 9.88. The lowest BCUT2D eigenvalue weighted by Crippen LogP contribution is -2.39. The Hall–Kier alpha value is -3.53. The van der Waals surface area contributed by atoms with Crippen LogP contribution in [0.2, 0.25) is 0 Å². The highest BCUT2D eigenvalue weighted by Gasteiger charge is 2.32. The number of benzene rings is 1. The van der Waals surface area contributed by atoms with Crippen LogP contribution in [-0.4, -0.2) is 4.98 Å². The quantitative estimate of drug-likeness (QED) is 0.306. The molecule has 0 fully saturated rings. The molecule has 0 atom stereocenters. The van der Waals surface area contributed by atoms with Crippen LogP contribution in [0.1, 0.15) is 65.4 Å². The summed E-state index contributed by atoms with van der Waals surface area (Å²) in [5, 5.41) is 3.68. The molecule has 0 aliphatic heterocycles. The van der Waals surface area contributed by atoms with Crippen molar-refractivity contribution in [3.63, 3.8) is 0 Å². The number of nitrogens with one attached hydrogen (secondary N) is 1. The van der Waals surface area contributed by atoms with Gasteiger partial charge in [-0.2, -0.15) is 9.13 Å². The van der Waals surface area contributed by atoms with E-state index in [0.717, 1.165) is 37.3 Å². The van der Waals surface area contributed by atoms with Crippen molar-refractivity contribution in [2.75, 3.05) is 5.32 Å². The zero-order valence-electron chi connectivity index (χ0n) is 22.9. The molecule has 3 aromatic heterocycles. The van der Waals surface area contributed by atoms with Gasteiger partial charge in [-0.3, -0.25) is 0 Å². The van der Waals surface area contributed by atoms with Gasteiger partial charge in [-0.1, -0.05) is 20.8 Å². The van der Waals surface area contributed by atoms with Gasteiger partial charge in [0.25, 0.3) is 0 Å². The molecule has 1 N–H and O–H groups in total. The summed E-state index contributed by atoms with van der Waals surface area (Å²) < 4.78 is 4.68. The first kappa shape index (κ1) is 25.6. The molecule has 0 radical (unpaired) electrons. The average Bonchev–Trinajstić information content (AvgIpc) is 2.85. The van der Waals surface area contributed by atoms with Crippen molar-refractivity contribution < 1.29 is 9.13 Å². The smallest absolute Gasteiger partial charge is 0.224 e. The number of aryl methyl sites for hydroxylation is 4. The number of rotatable bonds is 8. The largest absolute Gasteiger partial charge is 0.366 e. The maximum absolute atomic E-state index is 4.76. The summed E-state index contributed by atoms with van der Waals surface area (Å²) >= 11 is 0. The molecule has 4 nitrogen and oxygen atoms in total. The molecule has 0 unspecified atom stereocenters. The minimum atomic E-state index is 0.741. The number of hydrogen-bond donors (Lipinski definition) is 1. The van der Waals surface area contributed by atoms with Crippen molar-refractivity contribution in [2.24, 2.45) is 0 Å². The second-order valence-electron chi connectivity index (χ2n) is 9.77. The number of nitrogens with zero attached hydrogens (tertiary/aromatic N) is 3. The van der Waals surface area contributed by atoms with Gasteiger partial charge in [0.2, 0.25) is 11.4 Å². The lowest BCUT2D eigenvalue weighted by molar-refractivity contribution is -0.606. The van der Waals surface area contributed by atoms with Crippen LogP contribution in [0, 0.1) is 27.7 Å². The third kappa shape index (κ3) is 5.18. The molecule has 0 saturated carbocycles. The fraction of sp³-hybridized carbons (Fsp3) is 0.344.